The largest absolute Gasteiger partial charge is 0.497 e. The molecule has 0 spiro atoms. The van der Waals surface area contributed by atoms with Gasteiger partial charge in [-0.25, -0.2) is 8.42 Å². The van der Waals surface area contributed by atoms with Crippen LogP contribution < -0.4 is 13.9 Å². The van der Waals surface area contributed by atoms with Crippen LogP contribution in [-0.2, 0) is 23.0 Å². The van der Waals surface area contributed by atoms with Crippen molar-refractivity contribution in [2.24, 2.45) is 0 Å². The van der Waals surface area contributed by atoms with Crippen molar-refractivity contribution in [2.45, 2.75) is 17.9 Å². The van der Waals surface area contributed by atoms with Crippen molar-refractivity contribution < 1.29 is 17.9 Å². The van der Waals surface area contributed by atoms with Crippen molar-refractivity contribution in [1.29, 1.82) is 0 Å². The van der Waals surface area contributed by atoms with Crippen molar-refractivity contribution in [2.75, 3.05) is 22.9 Å². The minimum atomic E-state index is -3.99. The Balaban J connectivity index is 1.51. The molecule has 0 fully saturated rings. The average Bonchev–Trinajstić information content (AvgIpc) is 3.36. The lowest BCUT2D eigenvalue weighted by molar-refractivity contribution is 0.0989. The van der Waals surface area contributed by atoms with Gasteiger partial charge in [0.15, 0.2) is 0 Å². The minimum Gasteiger partial charge on any atom is -0.497 e. The predicted molar refractivity (Wildman–Crippen MR) is 141 cm³/mol. The van der Waals surface area contributed by atoms with E-state index in [9.17, 15) is 13.2 Å². The Kier molecular flexibility index (Phi) is 6.48. The Hall–Kier alpha value is -4.10. The van der Waals surface area contributed by atoms with Gasteiger partial charge in [-0.2, -0.15) is 0 Å². The van der Waals surface area contributed by atoms with Crippen LogP contribution in [0.25, 0.3) is 0 Å². The maximum absolute atomic E-state index is 14.0. The van der Waals surface area contributed by atoms with Crippen LogP contribution in [0.3, 0.4) is 0 Å². The zero-order chi connectivity index (χ0) is 25.1. The third-order valence-electron chi connectivity index (χ3n) is 6.33. The first kappa shape index (κ1) is 23.6. The second kappa shape index (κ2) is 9.87. The first-order valence-corrected chi connectivity index (χ1v) is 13.1. The second-order valence-electron chi connectivity index (χ2n) is 8.56. The molecule has 0 bridgehead atoms. The Labute approximate surface area is 211 Å². The van der Waals surface area contributed by atoms with E-state index in [0.29, 0.717) is 23.5 Å². The number of carbonyl (C=O) groups is 1. The number of anilines is 2. The fraction of sp³-hybridized carbons (Fsp3) is 0.138. The molecule has 0 atom stereocenters. The molecule has 182 valence electrons. The zero-order valence-electron chi connectivity index (χ0n) is 19.9. The lowest BCUT2D eigenvalue weighted by atomic mass is 10.1. The molecular weight excluding hydrogens is 472 g/mol. The molecule has 4 aromatic rings. The summed E-state index contributed by atoms with van der Waals surface area (Å²) in [7, 11) is -2.43. The van der Waals surface area contributed by atoms with Gasteiger partial charge in [0, 0.05) is 17.8 Å². The number of carbonyl (C=O) groups excluding carboxylic acids is 1. The fourth-order valence-electron chi connectivity index (χ4n) is 4.43. The third-order valence-corrected chi connectivity index (χ3v) is 8.10. The van der Waals surface area contributed by atoms with Gasteiger partial charge >= 0.3 is 0 Å². The molecule has 5 rings (SSSR count). The van der Waals surface area contributed by atoms with Gasteiger partial charge in [-0.1, -0.05) is 54.6 Å². The zero-order valence-corrected chi connectivity index (χ0v) is 20.7. The van der Waals surface area contributed by atoms with Crippen LogP contribution in [0.4, 0.5) is 11.4 Å². The van der Waals surface area contributed by atoms with E-state index in [1.807, 2.05) is 54.6 Å². The molecule has 0 radical (unpaired) electrons. The van der Waals surface area contributed by atoms with Crippen LogP contribution in [0, 0.1) is 0 Å². The quantitative estimate of drug-likeness (QED) is 0.347. The van der Waals surface area contributed by atoms with Crippen LogP contribution in [0.1, 0.15) is 21.5 Å². The van der Waals surface area contributed by atoms with Gasteiger partial charge in [-0.15, -0.1) is 0 Å². The molecule has 0 N–H and O–H groups in total. The average molecular weight is 499 g/mol. The molecule has 0 aromatic heterocycles. The van der Waals surface area contributed by atoms with Crippen LogP contribution in [0.2, 0.25) is 0 Å². The predicted octanol–water partition coefficient (Wildman–Crippen LogP) is 5.29. The highest BCUT2D eigenvalue weighted by atomic mass is 32.2. The number of hydrogen-bond acceptors (Lipinski definition) is 4. The lowest BCUT2D eigenvalue weighted by Gasteiger charge is -2.25. The van der Waals surface area contributed by atoms with Crippen molar-refractivity contribution in [3.05, 3.63) is 120 Å². The summed E-state index contributed by atoms with van der Waals surface area (Å²) in [5.74, 6) is 0.422. The van der Waals surface area contributed by atoms with E-state index < -0.39 is 10.0 Å². The summed E-state index contributed by atoms with van der Waals surface area (Å²) in [6.07, 6.45) is 0.780. The molecule has 36 heavy (non-hydrogen) atoms. The second-order valence-corrected chi connectivity index (χ2v) is 10.4. The van der Waals surface area contributed by atoms with E-state index in [2.05, 4.69) is 0 Å². The van der Waals surface area contributed by atoms with Gasteiger partial charge in [-0.3, -0.25) is 9.10 Å². The van der Waals surface area contributed by atoms with E-state index in [1.165, 1.54) is 16.4 Å². The molecular formula is C29H26N2O4S. The summed E-state index contributed by atoms with van der Waals surface area (Å²) in [4.78, 5) is 15.2. The number of para-hydroxylation sites is 1. The van der Waals surface area contributed by atoms with Crippen LogP contribution in [0.5, 0.6) is 5.75 Å². The Bertz CT molecular complexity index is 1490. The van der Waals surface area contributed by atoms with Crippen molar-refractivity contribution in [3.63, 3.8) is 0 Å². The molecule has 6 nitrogen and oxygen atoms in total. The van der Waals surface area contributed by atoms with E-state index in [4.69, 9.17) is 4.74 Å². The Morgan fingerprint density at radius 1 is 0.889 bits per heavy atom. The van der Waals surface area contributed by atoms with E-state index in [1.54, 1.807) is 48.4 Å². The first-order valence-electron chi connectivity index (χ1n) is 11.7. The van der Waals surface area contributed by atoms with Gasteiger partial charge in [-0.05, 0) is 66.1 Å². The monoisotopic (exact) mass is 498 g/mol. The smallest absolute Gasteiger partial charge is 0.264 e. The SMILES string of the molecule is COc1ccc(N(Cc2ccccc2)S(=O)(=O)c2cccc(C(=O)N3CCc4ccccc43)c2)cc1. The molecule has 4 aromatic carbocycles. The molecule has 0 unspecified atom stereocenters. The van der Waals surface area contributed by atoms with Gasteiger partial charge in [0.1, 0.15) is 5.75 Å². The molecule has 7 heteroatoms. The van der Waals surface area contributed by atoms with Crippen LogP contribution >= 0.6 is 0 Å². The number of fused-ring (bicyclic) bond motifs is 1. The Morgan fingerprint density at radius 2 is 1.61 bits per heavy atom. The van der Waals surface area contributed by atoms with E-state index >= 15 is 0 Å². The fourth-order valence-corrected chi connectivity index (χ4v) is 5.93. The molecule has 1 aliphatic heterocycles. The van der Waals surface area contributed by atoms with Crippen molar-refractivity contribution >= 4 is 27.3 Å². The summed E-state index contributed by atoms with van der Waals surface area (Å²) < 4.78 is 34.5. The summed E-state index contributed by atoms with van der Waals surface area (Å²) in [5.41, 5.74) is 3.67. The summed E-state index contributed by atoms with van der Waals surface area (Å²) in [6.45, 7) is 0.717. The number of hydrogen-bond donors (Lipinski definition) is 0. The number of methoxy groups -OCH3 is 1. The maximum Gasteiger partial charge on any atom is 0.264 e. The highest BCUT2D eigenvalue weighted by Crippen LogP contribution is 2.31. The van der Waals surface area contributed by atoms with Crippen molar-refractivity contribution in [3.8, 4) is 5.75 Å². The van der Waals surface area contributed by atoms with Gasteiger partial charge < -0.3 is 9.64 Å². The number of ether oxygens (including phenoxy) is 1. The number of sulfonamides is 1. The number of amides is 1. The molecule has 0 aliphatic carbocycles. The minimum absolute atomic E-state index is 0.0626. The molecule has 1 heterocycles. The summed E-state index contributed by atoms with van der Waals surface area (Å²) in [6, 6.07) is 30.4. The molecule has 1 aliphatic rings. The highest BCUT2D eigenvalue weighted by Gasteiger charge is 2.29. The number of benzene rings is 4. The molecule has 0 saturated heterocycles. The highest BCUT2D eigenvalue weighted by molar-refractivity contribution is 7.92. The van der Waals surface area contributed by atoms with E-state index in [-0.39, 0.29) is 17.3 Å². The summed E-state index contributed by atoms with van der Waals surface area (Å²) in [5, 5.41) is 0. The normalized spacial score (nSPS) is 12.8. The number of rotatable bonds is 7. The van der Waals surface area contributed by atoms with E-state index in [0.717, 1.165) is 23.2 Å². The summed E-state index contributed by atoms with van der Waals surface area (Å²) >= 11 is 0. The molecule has 1 amide bonds. The van der Waals surface area contributed by atoms with Crippen LogP contribution in [0.15, 0.2) is 108 Å². The van der Waals surface area contributed by atoms with Gasteiger partial charge in [0.25, 0.3) is 15.9 Å². The topological polar surface area (TPSA) is 66.9 Å². The van der Waals surface area contributed by atoms with Gasteiger partial charge in [0.05, 0.1) is 24.2 Å². The standard InChI is InChI=1S/C29H26N2O4S/c1-35-26-16-14-25(15-17-26)31(21-22-8-3-2-4-9-22)36(33,34)27-12-7-11-24(20-27)29(32)30-19-18-23-10-5-6-13-28(23)30/h2-17,20H,18-19,21H2,1H3. The lowest BCUT2D eigenvalue weighted by Crippen LogP contribution is -2.31. The number of nitrogens with zero attached hydrogens (tertiary/aromatic N) is 2. The first-order chi connectivity index (χ1) is 17.5. The maximum atomic E-state index is 14.0. The molecule has 0 saturated carbocycles. The third kappa shape index (κ3) is 4.57. The van der Waals surface area contributed by atoms with Gasteiger partial charge in [0.2, 0.25) is 0 Å². The van der Waals surface area contributed by atoms with Crippen LogP contribution in [-0.4, -0.2) is 28.0 Å². The Morgan fingerprint density at radius 3 is 2.36 bits per heavy atom. The van der Waals surface area contributed by atoms with Crippen molar-refractivity contribution in [1.82, 2.24) is 0 Å².